The number of amides is 1. The summed E-state index contributed by atoms with van der Waals surface area (Å²) in [5.74, 6) is 0.345. The van der Waals surface area contributed by atoms with Gasteiger partial charge in [-0.1, -0.05) is 13.0 Å². The predicted molar refractivity (Wildman–Crippen MR) is 89.1 cm³/mol. The van der Waals surface area contributed by atoms with Gasteiger partial charge in [0.15, 0.2) is 6.61 Å². The summed E-state index contributed by atoms with van der Waals surface area (Å²) in [5.41, 5.74) is 4.59. The van der Waals surface area contributed by atoms with E-state index in [1.54, 1.807) is 17.6 Å². The van der Waals surface area contributed by atoms with Crippen LogP contribution >= 0.6 is 27.3 Å². The van der Waals surface area contributed by atoms with Crippen molar-refractivity contribution in [3.63, 3.8) is 0 Å². The molecule has 0 spiro atoms. The molecule has 4 nitrogen and oxygen atoms in total. The number of ether oxygens (including phenoxy) is 1. The highest BCUT2D eigenvalue weighted by atomic mass is 79.9. The summed E-state index contributed by atoms with van der Waals surface area (Å²) < 4.78 is 6.30. The summed E-state index contributed by atoms with van der Waals surface area (Å²) in [6.45, 7) is 2.01. The highest BCUT2D eigenvalue weighted by Gasteiger charge is 2.05. The van der Waals surface area contributed by atoms with Crippen molar-refractivity contribution in [1.82, 2.24) is 5.43 Å². The number of hydrogen-bond acceptors (Lipinski definition) is 4. The van der Waals surface area contributed by atoms with Gasteiger partial charge in [0.2, 0.25) is 0 Å². The average molecular weight is 367 g/mol. The van der Waals surface area contributed by atoms with E-state index in [0.717, 1.165) is 16.5 Å². The Labute approximate surface area is 136 Å². The Morgan fingerprint density at radius 3 is 3.00 bits per heavy atom. The lowest BCUT2D eigenvalue weighted by Gasteiger charge is -2.08. The minimum absolute atomic E-state index is 0.0783. The Balaban J connectivity index is 1.81. The molecular weight excluding hydrogens is 352 g/mol. The van der Waals surface area contributed by atoms with Crippen LogP contribution in [0.1, 0.15) is 18.1 Å². The van der Waals surface area contributed by atoms with Gasteiger partial charge in [-0.3, -0.25) is 4.79 Å². The fourth-order valence-electron chi connectivity index (χ4n) is 1.58. The van der Waals surface area contributed by atoms with E-state index in [0.29, 0.717) is 5.75 Å². The van der Waals surface area contributed by atoms with Crippen LogP contribution in [0.2, 0.25) is 0 Å². The molecule has 2 aromatic rings. The predicted octanol–water partition coefficient (Wildman–Crippen LogP) is 3.60. The second-order valence-electron chi connectivity index (χ2n) is 4.26. The summed E-state index contributed by atoms with van der Waals surface area (Å²) in [7, 11) is 0. The van der Waals surface area contributed by atoms with Crippen molar-refractivity contribution in [3.8, 4) is 5.75 Å². The molecule has 1 heterocycles. The van der Waals surface area contributed by atoms with Gasteiger partial charge in [0.05, 0.1) is 10.7 Å². The number of rotatable bonds is 6. The highest BCUT2D eigenvalue weighted by Crippen LogP contribution is 2.26. The lowest BCUT2D eigenvalue weighted by atomic mass is 10.2. The van der Waals surface area contributed by atoms with E-state index >= 15 is 0 Å². The molecule has 1 aromatic heterocycles. The van der Waals surface area contributed by atoms with Gasteiger partial charge in [0.1, 0.15) is 5.75 Å². The van der Waals surface area contributed by atoms with Gasteiger partial charge in [-0.15, -0.1) is 0 Å². The maximum atomic E-state index is 11.6. The third-order valence-corrected chi connectivity index (χ3v) is 4.03. The van der Waals surface area contributed by atoms with Crippen LogP contribution in [-0.4, -0.2) is 18.7 Å². The molecule has 0 saturated carbocycles. The molecule has 1 aromatic carbocycles. The molecule has 0 radical (unpaired) electrons. The summed E-state index contributed by atoms with van der Waals surface area (Å²) in [6, 6.07) is 7.74. The Kier molecular flexibility index (Phi) is 5.95. The number of benzene rings is 1. The molecule has 1 N–H and O–H groups in total. The van der Waals surface area contributed by atoms with Crippen molar-refractivity contribution in [1.29, 1.82) is 0 Å². The molecule has 0 aliphatic rings. The monoisotopic (exact) mass is 366 g/mol. The molecule has 2 rings (SSSR count). The molecule has 0 fully saturated rings. The molecule has 0 aliphatic heterocycles. The number of nitrogens with zero attached hydrogens (tertiary/aromatic N) is 1. The van der Waals surface area contributed by atoms with E-state index in [1.165, 1.54) is 5.56 Å². The van der Waals surface area contributed by atoms with E-state index in [1.807, 2.05) is 35.0 Å². The van der Waals surface area contributed by atoms with Crippen LogP contribution in [0.15, 0.2) is 44.6 Å². The maximum Gasteiger partial charge on any atom is 0.277 e. The SMILES string of the molecule is CCc1ccc(OCC(=O)N/N=C/c2ccsc2)c(Br)c1. The first-order valence-corrected chi connectivity index (χ1v) is 8.18. The molecule has 0 unspecified atom stereocenters. The Morgan fingerprint density at radius 1 is 1.48 bits per heavy atom. The van der Waals surface area contributed by atoms with Crippen molar-refractivity contribution < 1.29 is 9.53 Å². The number of hydrazone groups is 1. The van der Waals surface area contributed by atoms with E-state index in [9.17, 15) is 4.79 Å². The van der Waals surface area contributed by atoms with Crippen molar-refractivity contribution >= 4 is 39.4 Å². The van der Waals surface area contributed by atoms with E-state index in [4.69, 9.17) is 4.74 Å². The van der Waals surface area contributed by atoms with Crippen LogP contribution in [0.4, 0.5) is 0 Å². The molecule has 1 amide bonds. The van der Waals surface area contributed by atoms with Crippen LogP contribution in [-0.2, 0) is 11.2 Å². The van der Waals surface area contributed by atoms with E-state index in [-0.39, 0.29) is 12.5 Å². The smallest absolute Gasteiger partial charge is 0.277 e. The second kappa shape index (κ2) is 7.95. The molecule has 0 aliphatic carbocycles. The zero-order valence-corrected chi connectivity index (χ0v) is 13.9. The Hall–Kier alpha value is -1.66. The summed E-state index contributed by atoms with van der Waals surface area (Å²) in [6.07, 6.45) is 2.55. The van der Waals surface area contributed by atoms with Crippen molar-refractivity contribution in [3.05, 3.63) is 50.6 Å². The molecule has 0 saturated heterocycles. The van der Waals surface area contributed by atoms with E-state index in [2.05, 4.69) is 33.4 Å². The van der Waals surface area contributed by atoms with Gasteiger partial charge in [0.25, 0.3) is 5.91 Å². The first kappa shape index (κ1) is 15.7. The lowest BCUT2D eigenvalue weighted by Crippen LogP contribution is -2.24. The van der Waals surface area contributed by atoms with Crippen LogP contribution in [0.3, 0.4) is 0 Å². The van der Waals surface area contributed by atoms with Crippen LogP contribution < -0.4 is 10.2 Å². The summed E-state index contributed by atoms with van der Waals surface area (Å²) >= 11 is 5.01. The number of aryl methyl sites for hydroxylation is 1. The second-order valence-corrected chi connectivity index (χ2v) is 5.89. The fourth-order valence-corrected chi connectivity index (χ4v) is 2.74. The topological polar surface area (TPSA) is 50.7 Å². The summed E-state index contributed by atoms with van der Waals surface area (Å²) in [4.78, 5) is 11.6. The van der Waals surface area contributed by atoms with Crippen molar-refractivity contribution in [2.75, 3.05) is 6.61 Å². The standard InChI is InChI=1S/C15H15BrN2O2S/c1-2-11-3-4-14(13(16)7-11)20-9-15(19)18-17-8-12-5-6-21-10-12/h3-8,10H,2,9H2,1H3,(H,18,19)/b17-8+. The zero-order chi connectivity index (χ0) is 15.1. The number of carbonyl (C=O) groups is 1. The third-order valence-electron chi connectivity index (χ3n) is 2.71. The molecule has 0 bridgehead atoms. The highest BCUT2D eigenvalue weighted by molar-refractivity contribution is 9.10. The van der Waals surface area contributed by atoms with Crippen LogP contribution in [0.25, 0.3) is 0 Å². The quantitative estimate of drug-likeness (QED) is 0.627. The molecule has 6 heteroatoms. The van der Waals surface area contributed by atoms with Gasteiger partial charge in [-0.25, -0.2) is 5.43 Å². The van der Waals surface area contributed by atoms with Gasteiger partial charge >= 0.3 is 0 Å². The fraction of sp³-hybridized carbons (Fsp3) is 0.200. The lowest BCUT2D eigenvalue weighted by molar-refractivity contribution is -0.123. The van der Waals surface area contributed by atoms with Crippen molar-refractivity contribution in [2.24, 2.45) is 5.10 Å². The molecule has 0 atom stereocenters. The molecule has 21 heavy (non-hydrogen) atoms. The van der Waals surface area contributed by atoms with Gasteiger partial charge in [-0.05, 0) is 56.9 Å². The average Bonchev–Trinajstić information content (AvgIpc) is 2.99. The zero-order valence-electron chi connectivity index (χ0n) is 11.5. The van der Waals surface area contributed by atoms with Gasteiger partial charge in [0, 0.05) is 5.56 Å². The maximum absolute atomic E-state index is 11.6. The summed E-state index contributed by atoms with van der Waals surface area (Å²) in [5, 5.41) is 7.76. The molecule has 110 valence electrons. The van der Waals surface area contributed by atoms with E-state index < -0.39 is 0 Å². The first-order valence-electron chi connectivity index (χ1n) is 6.44. The Bertz CT molecular complexity index is 627. The largest absolute Gasteiger partial charge is 0.483 e. The van der Waals surface area contributed by atoms with Gasteiger partial charge < -0.3 is 4.74 Å². The number of carbonyl (C=O) groups excluding carboxylic acids is 1. The number of nitrogens with one attached hydrogen (secondary N) is 1. The third kappa shape index (κ3) is 4.99. The molecular formula is C15H15BrN2O2S. The number of thiophene rings is 1. The minimum atomic E-state index is -0.298. The first-order chi connectivity index (χ1) is 10.2. The number of halogens is 1. The Morgan fingerprint density at radius 2 is 2.33 bits per heavy atom. The van der Waals surface area contributed by atoms with Crippen molar-refractivity contribution in [2.45, 2.75) is 13.3 Å². The van der Waals surface area contributed by atoms with Gasteiger partial charge in [-0.2, -0.15) is 16.4 Å². The normalized spacial score (nSPS) is 10.8. The van der Waals surface area contributed by atoms with Crippen LogP contribution in [0, 0.1) is 0 Å². The van der Waals surface area contributed by atoms with Crippen LogP contribution in [0.5, 0.6) is 5.75 Å². The minimum Gasteiger partial charge on any atom is -0.483 e. The number of hydrogen-bond donors (Lipinski definition) is 1.